The number of Topliss-reactive ketones (excluding diaryl/α,β-unsaturated/α-hetero) is 1. The van der Waals surface area contributed by atoms with Crippen LogP contribution in [0.5, 0.6) is 0 Å². The van der Waals surface area contributed by atoms with Crippen molar-refractivity contribution in [2.24, 2.45) is 0 Å². The Morgan fingerprint density at radius 3 is 2.44 bits per heavy atom. The van der Waals surface area contributed by atoms with Crippen molar-refractivity contribution in [3.05, 3.63) is 35.9 Å². The molecule has 0 spiro atoms. The summed E-state index contributed by atoms with van der Waals surface area (Å²) in [5, 5.41) is 0. The van der Waals surface area contributed by atoms with E-state index in [1.807, 2.05) is 25.1 Å². The van der Waals surface area contributed by atoms with E-state index in [1.54, 1.807) is 6.92 Å². The van der Waals surface area contributed by atoms with Crippen LogP contribution in [0.1, 0.15) is 38.7 Å². The van der Waals surface area contributed by atoms with E-state index in [2.05, 4.69) is 19.1 Å². The van der Waals surface area contributed by atoms with Gasteiger partial charge in [0.1, 0.15) is 6.10 Å². The summed E-state index contributed by atoms with van der Waals surface area (Å²) in [6.45, 7) is 6.23. The van der Waals surface area contributed by atoms with Crippen LogP contribution in [0, 0.1) is 0 Å². The fourth-order valence-electron chi connectivity index (χ4n) is 1.79. The molecule has 0 N–H and O–H groups in total. The van der Waals surface area contributed by atoms with Gasteiger partial charge in [-0.3, -0.25) is 4.79 Å². The van der Waals surface area contributed by atoms with Crippen molar-refractivity contribution in [3.63, 3.8) is 0 Å². The molecule has 2 nitrogen and oxygen atoms in total. The molecule has 0 heterocycles. The average molecular weight is 220 g/mol. The van der Waals surface area contributed by atoms with Gasteiger partial charge in [-0.25, -0.2) is 0 Å². The maximum atomic E-state index is 11.4. The highest BCUT2D eigenvalue weighted by Gasteiger charge is 2.18. The summed E-state index contributed by atoms with van der Waals surface area (Å²) in [5.74, 6) is 0.464. The Bertz CT molecular complexity index is 319. The molecule has 88 valence electrons. The number of ether oxygens (including phenoxy) is 1. The Balaban J connectivity index is 2.61. The highest BCUT2D eigenvalue weighted by molar-refractivity contribution is 5.80. The highest BCUT2D eigenvalue weighted by Crippen LogP contribution is 2.21. The lowest BCUT2D eigenvalue weighted by atomic mass is 9.94. The van der Waals surface area contributed by atoms with E-state index in [0.29, 0.717) is 12.5 Å². The van der Waals surface area contributed by atoms with Crippen LogP contribution in [0.25, 0.3) is 0 Å². The number of ketones is 1. The van der Waals surface area contributed by atoms with Gasteiger partial charge < -0.3 is 4.74 Å². The van der Waals surface area contributed by atoms with E-state index < -0.39 is 0 Å². The van der Waals surface area contributed by atoms with Gasteiger partial charge in [-0.15, -0.1) is 0 Å². The normalized spacial score (nSPS) is 14.4. The van der Waals surface area contributed by atoms with Crippen molar-refractivity contribution in [2.75, 3.05) is 6.61 Å². The van der Waals surface area contributed by atoms with Crippen molar-refractivity contribution < 1.29 is 9.53 Å². The zero-order valence-corrected chi connectivity index (χ0v) is 10.3. The van der Waals surface area contributed by atoms with E-state index in [4.69, 9.17) is 4.74 Å². The molecule has 0 radical (unpaired) electrons. The number of carbonyl (C=O) groups is 1. The van der Waals surface area contributed by atoms with Gasteiger partial charge in [0.2, 0.25) is 0 Å². The van der Waals surface area contributed by atoms with Gasteiger partial charge in [-0.2, -0.15) is 0 Å². The van der Waals surface area contributed by atoms with E-state index >= 15 is 0 Å². The Kier molecular flexibility index (Phi) is 5.20. The van der Waals surface area contributed by atoms with Gasteiger partial charge in [0.05, 0.1) is 0 Å². The number of carbonyl (C=O) groups excluding carboxylic acids is 1. The molecule has 2 atom stereocenters. The fourth-order valence-corrected chi connectivity index (χ4v) is 1.79. The molecule has 0 saturated heterocycles. The van der Waals surface area contributed by atoms with Crippen molar-refractivity contribution in [3.8, 4) is 0 Å². The molecule has 1 rings (SSSR count). The van der Waals surface area contributed by atoms with Crippen LogP contribution in [-0.2, 0) is 9.53 Å². The molecule has 1 aromatic carbocycles. The highest BCUT2D eigenvalue weighted by atomic mass is 16.5. The van der Waals surface area contributed by atoms with Crippen LogP contribution in [0.3, 0.4) is 0 Å². The van der Waals surface area contributed by atoms with E-state index in [-0.39, 0.29) is 11.9 Å². The summed E-state index contributed by atoms with van der Waals surface area (Å²) < 4.78 is 5.45. The standard InChI is InChI=1S/C14H20O2/c1-4-16-14(12(3)15)10-11(2)13-8-6-5-7-9-13/h5-9,11,14H,4,10H2,1-3H3. The molecule has 0 bridgehead atoms. The summed E-state index contributed by atoms with van der Waals surface area (Å²) in [6.07, 6.45) is 0.493. The maximum absolute atomic E-state index is 11.4. The van der Waals surface area contributed by atoms with Crippen LogP contribution in [0.4, 0.5) is 0 Å². The number of hydrogen-bond acceptors (Lipinski definition) is 2. The van der Waals surface area contributed by atoms with Crippen LogP contribution in [0.2, 0.25) is 0 Å². The summed E-state index contributed by atoms with van der Waals surface area (Å²) in [6, 6.07) is 10.2. The third-order valence-corrected chi connectivity index (χ3v) is 2.76. The summed E-state index contributed by atoms with van der Waals surface area (Å²) in [4.78, 5) is 11.4. The zero-order chi connectivity index (χ0) is 12.0. The van der Waals surface area contributed by atoms with E-state index in [1.165, 1.54) is 5.56 Å². The van der Waals surface area contributed by atoms with Crippen LogP contribution < -0.4 is 0 Å². The van der Waals surface area contributed by atoms with Gasteiger partial charge >= 0.3 is 0 Å². The smallest absolute Gasteiger partial charge is 0.158 e. The monoisotopic (exact) mass is 220 g/mol. The average Bonchev–Trinajstić information content (AvgIpc) is 2.29. The number of rotatable bonds is 6. The quantitative estimate of drug-likeness (QED) is 0.736. The minimum absolute atomic E-state index is 0.115. The lowest BCUT2D eigenvalue weighted by Crippen LogP contribution is -2.23. The SMILES string of the molecule is CCOC(CC(C)c1ccccc1)C(C)=O. The Morgan fingerprint density at radius 1 is 1.31 bits per heavy atom. The predicted molar refractivity (Wildman–Crippen MR) is 65.6 cm³/mol. The Labute approximate surface area is 97.6 Å². The van der Waals surface area contributed by atoms with Gasteiger partial charge in [0.15, 0.2) is 5.78 Å². The number of benzene rings is 1. The van der Waals surface area contributed by atoms with Gasteiger partial charge in [0, 0.05) is 6.61 Å². The summed E-state index contributed by atoms with van der Waals surface area (Å²) in [5.41, 5.74) is 1.26. The predicted octanol–water partition coefficient (Wildman–Crippen LogP) is 3.17. The molecule has 0 amide bonds. The Hall–Kier alpha value is -1.15. The Morgan fingerprint density at radius 2 is 1.94 bits per heavy atom. The lowest BCUT2D eigenvalue weighted by molar-refractivity contribution is -0.128. The molecule has 1 aromatic rings. The molecule has 16 heavy (non-hydrogen) atoms. The topological polar surface area (TPSA) is 26.3 Å². The molecule has 2 heteroatoms. The molecular weight excluding hydrogens is 200 g/mol. The molecule has 0 aromatic heterocycles. The third kappa shape index (κ3) is 3.78. The first kappa shape index (κ1) is 12.9. The first-order valence-corrected chi connectivity index (χ1v) is 5.82. The van der Waals surface area contributed by atoms with Crippen LogP contribution in [0.15, 0.2) is 30.3 Å². The van der Waals surface area contributed by atoms with Crippen LogP contribution >= 0.6 is 0 Å². The third-order valence-electron chi connectivity index (χ3n) is 2.76. The van der Waals surface area contributed by atoms with E-state index in [9.17, 15) is 4.79 Å². The minimum atomic E-state index is -0.264. The second-order valence-electron chi connectivity index (χ2n) is 4.10. The zero-order valence-electron chi connectivity index (χ0n) is 10.3. The number of hydrogen-bond donors (Lipinski definition) is 0. The molecular formula is C14H20O2. The van der Waals surface area contributed by atoms with Crippen molar-refractivity contribution >= 4 is 5.78 Å². The second kappa shape index (κ2) is 6.44. The lowest BCUT2D eigenvalue weighted by Gasteiger charge is -2.19. The second-order valence-corrected chi connectivity index (χ2v) is 4.10. The maximum Gasteiger partial charge on any atom is 0.158 e. The molecule has 0 saturated carbocycles. The fraction of sp³-hybridized carbons (Fsp3) is 0.500. The molecule has 2 unspecified atom stereocenters. The molecule has 0 aliphatic carbocycles. The molecule has 0 aliphatic heterocycles. The first-order chi connectivity index (χ1) is 7.65. The van der Waals surface area contributed by atoms with Gasteiger partial charge in [-0.1, -0.05) is 37.3 Å². The summed E-state index contributed by atoms with van der Waals surface area (Å²) in [7, 11) is 0. The van der Waals surface area contributed by atoms with Crippen molar-refractivity contribution in [1.29, 1.82) is 0 Å². The first-order valence-electron chi connectivity index (χ1n) is 5.82. The van der Waals surface area contributed by atoms with Crippen LogP contribution in [-0.4, -0.2) is 18.5 Å². The molecule has 0 fully saturated rings. The largest absolute Gasteiger partial charge is 0.371 e. The molecule has 0 aliphatic rings. The van der Waals surface area contributed by atoms with Gasteiger partial charge in [0.25, 0.3) is 0 Å². The van der Waals surface area contributed by atoms with Gasteiger partial charge in [-0.05, 0) is 31.7 Å². The van der Waals surface area contributed by atoms with Crippen molar-refractivity contribution in [2.45, 2.75) is 39.2 Å². The summed E-state index contributed by atoms with van der Waals surface area (Å²) >= 11 is 0. The van der Waals surface area contributed by atoms with Crippen molar-refractivity contribution in [1.82, 2.24) is 0 Å². The van der Waals surface area contributed by atoms with E-state index in [0.717, 1.165) is 6.42 Å². The minimum Gasteiger partial charge on any atom is -0.371 e.